The molecule has 0 radical (unpaired) electrons. The summed E-state index contributed by atoms with van der Waals surface area (Å²) in [5, 5.41) is 8.39. The van der Waals surface area contributed by atoms with Crippen LogP contribution >= 0.6 is 11.6 Å². The van der Waals surface area contributed by atoms with E-state index in [1.165, 1.54) is 6.07 Å². The summed E-state index contributed by atoms with van der Waals surface area (Å²) in [5.41, 5.74) is 3.29. The SMILES string of the molecule is Cc1ccccc1-c1cc(NC(=O)c2cc(=O)[nH]c3ccc(Cl)cc23)n(C)n1. The van der Waals surface area contributed by atoms with E-state index >= 15 is 0 Å². The van der Waals surface area contributed by atoms with Crippen LogP contribution in [-0.4, -0.2) is 20.7 Å². The first-order valence-electron chi connectivity index (χ1n) is 8.66. The minimum atomic E-state index is -0.405. The Morgan fingerprint density at radius 1 is 1.14 bits per heavy atom. The summed E-state index contributed by atoms with van der Waals surface area (Å²) in [7, 11) is 1.75. The number of rotatable bonds is 3. The number of halogens is 1. The van der Waals surface area contributed by atoms with Crippen LogP contribution in [0, 0.1) is 6.92 Å². The zero-order valence-corrected chi connectivity index (χ0v) is 16.0. The maximum absolute atomic E-state index is 12.9. The number of carbonyl (C=O) groups excluding carboxylic acids is 1. The number of aromatic nitrogens is 3. The Morgan fingerprint density at radius 2 is 1.93 bits per heavy atom. The van der Waals surface area contributed by atoms with E-state index < -0.39 is 5.91 Å². The Balaban J connectivity index is 1.72. The van der Waals surface area contributed by atoms with Gasteiger partial charge in [0.25, 0.3) is 5.91 Å². The van der Waals surface area contributed by atoms with Crippen LogP contribution in [0.5, 0.6) is 0 Å². The van der Waals surface area contributed by atoms with Crippen LogP contribution in [0.15, 0.2) is 59.4 Å². The van der Waals surface area contributed by atoms with E-state index in [-0.39, 0.29) is 11.1 Å². The lowest BCUT2D eigenvalue weighted by molar-refractivity contribution is 0.102. The lowest BCUT2D eigenvalue weighted by atomic mass is 10.1. The van der Waals surface area contributed by atoms with Crippen LogP contribution in [0.2, 0.25) is 5.02 Å². The number of aryl methyl sites for hydroxylation is 2. The van der Waals surface area contributed by atoms with Crippen molar-refractivity contribution in [2.45, 2.75) is 6.92 Å². The third-order valence-corrected chi connectivity index (χ3v) is 4.83. The molecule has 0 aliphatic carbocycles. The highest BCUT2D eigenvalue weighted by molar-refractivity contribution is 6.31. The fraction of sp³-hybridized carbons (Fsp3) is 0.0952. The highest BCUT2D eigenvalue weighted by Crippen LogP contribution is 2.25. The van der Waals surface area contributed by atoms with Crippen LogP contribution in [-0.2, 0) is 7.05 Å². The average molecular weight is 393 g/mol. The van der Waals surface area contributed by atoms with Gasteiger partial charge in [-0.1, -0.05) is 35.9 Å². The Hall–Kier alpha value is -3.38. The lowest BCUT2D eigenvalue weighted by Crippen LogP contribution is -2.18. The summed E-state index contributed by atoms with van der Waals surface area (Å²) < 4.78 is 1.60. The lowest BCUT2D eigenvalue weighted by Gasteiger charge is -2.08. The summed E-state index contributed by atoms with van der Waals surface area (Å²) in [6, 6.07) is 16.0. The van der Waals surface area contributed by atoms with Crippen molar-refractivity contribution in [2.75, 3.05) is 5.32 Å². The van der Waals surface area contributed by atoms with Crippen LogP contribution in [0.4, 0.5) is 5.82 Å². The van der Waals surface area contributed by atoms with E-state index in [1.807, 2.05) is 37.3 Å². The number of hydrogen-bond acceptors (Lipinski definition) is 3. The molecule has 0 saturated heterocycles. The summed E-state index contributed by atoms with van der Waals surface area (Å²) in [5.74, 6) is 0.122. The number of nitrogens with one attached hydrogen (secondary N) is 2. The molecule has 0 fully saturated rings. The number of H-pyrrole nitrogens is 1. The Morgan fingerprint density at radius 3 is 2.71 bits per heavy atom. The number of fused-ring (bicyclic) bond motifs is 1. The molecule has 0 saturated carbocycles. The summed E-state index contributed by atoms with van der Waals surface area (Å²) in [4.78, 5) is 27.6. The van der Waals surface area contributed by atoms with Gasteiger partial charge in [0.1, 0.15) is 5.82 Å². The fourth-order valence-corrected chi connectivity index (χ4v) is 3.35. The van der Waals surface area contributed by atoms with E-state index in [4.69, 9.17) is 11.6 Å². The van der Waals surface area contributed by atoms with Crippen molar-refractivity contribution < 1.29 is 4.79 Å². The number of aromatic amines is 1. The molecule has 2 N–H and O–H groups in total. The monoisotopic (exact) mass is 392 g/mol. The Bertz CT molecular complexity index is 1270. The van der Waals surface area contributed by atoms with Crippen molar-refractivity contribution in [3.05, 3.63) is 81.1 Å². The zero-order chi connectivity index (χ0) is 19.8. The van der Waals surface area contributed by atoms with Crippen molar-refractivity contribution in [3.63, 3.8) is 0 Å². The van der Waals surface area contributed by atoms with Gasteiger partial charge in [-0.2, -0.15) is 5.10 Å². The van der Waals surface area contributed by atoms with E-state index in [0.717, 1.165) is 16.8 Å². The van der Waals surface area contributed by atoms with Crippen LogP contribution in [0.3, 0.4) is 0 Å². The van der Waals surface area contributed by atoms with E-state index in [1.54, 1.807) is 29.9 Å². The quantitative estimate of drug-likeness (QED) is 0.549. The van der Waals surface area contributed by atoms with Gasteiger partial charge >= 0.3 is 0 Å². The average Bonchev–Trinajstić information content (AvgIpc) is 3.02. The van der Waals surface area contributed by atoms with Gasteiger partial charge in [0.15, 0.2) is 0 Å². The molecule has 0 aliphatic heterocycles. The minimum absolute atomic E-state index is 0.250. The number of nitrogens with zero attached hydrogens (tertiary/aromatic N) is 2. The van der Waals surface area contributed by atoms with Crippen molar-refractivity contribution in [1.82, 2.24) is 14.8 Å². The van der Waals surface area contributed by atoms with Crippen molar-refractivity contribution in [3.8, 4) is 11.3 Å². The van der Waals surface area contributed by atoms with Gasteiger partial charge in [0.2, 0.25) is 5.56 Å². The topological polar surface area (TPSA) is 79.8 Å². The predicted octanol–water partition coefficient (Wildman–Crippen LogP) is 4.14. The van der Waals surface area contributed by atoms with Crippen molar-refractivity contribution in [1.29, 1.82) is 0 Å². The molecule has 0 bridgehead atoms. The molecular weight excluding hydrogens is 376 g/mol. The summed E-state index contributed by atoms with van der Waals surface area (Å²) in [6.07, 6.45) is 0. The second-order valence-corrected chi connectivity index (χ2v) is 6.98. The van der Waals surface area contributed by atoms with E-state index in [9.17, 15) is 9.59 Å². The smallest absolute Gasteiger partial charge is 0.257 e. The molecule has 6 nitrogen and oxygen atoms in total. The Kier molecular flexibility index (Phi) is 4.49. The first-order valence-corrected chi connectivity index (χ1v) is 9.04. The molecule has 1 amide bonds. The summed E-state index contributed by atoms with van der Waals surface area (Å²) >= 11 is 6.07. The normalized spacial score (nSPS) is 11.0. The highest BCUT2D eigenvalue weighted by atomic mass is 35.5. The molecule has 4 rings (SSSR count). The van der Waals surface area contributed by atoms with Gasteiger partial charge in [0.05, 0.1) is 11.3 Å². The van der Waals surface area contributed by atoms with E-state index in [2.05, 4.69) is 15.4 Å². The first-order chi connectivity index (χ1) is 13.4. The molecule has 4 aromatic rings. The zero-order valence-electron chi connectivity index (χ0n) is 15.3. The van der Waals surface area contributed by atoms with Gasteiger partial charge in [-0.15, -0.1) is 0 Å². The standard InChI is InChI=1S/C21H17ClN4O2/c1-12-5-3-4-6-14(12)18-11-19(26(2)25-18)24-21(28)16-10-20(27)23-17-8-7-13(22)9-15(16)17/h3-11H,1-2H3,(H,23,27)(H,24,28). The maximum Gasteiger partial charge on any atom is 0.257 e. The highest BCUT2D eigenvalue weighted by Gasteiger charge is 2.16. The number of hydrogen-bond donors (Lipinski definition) is 2. The molecule has 0 atom stereocenters. The second kappa shape index (κ2) is 6.98. The van der Waals surface area contributed by atoms with Gasteiger partial charge in [-0.25, -0.2) is 0 Å². The molecule has 2 heterocycles. The molecule has 7 heteroatoms. The fourth-order valence-electron chi connectivity index (χ4n) is 3.17. The largest absolute Gasteiger partial charge is 0.322 e. The number of anilines is 1. The van der Waals surface area contributed by atoms with Gasteiger partial charge in [-0.05, 0) is 30.7 Å². The minimum Gasteiger partial charge on any atom is -0.322 e. The molecule has 0 aliphatic rings. The first kappa shape index (κ1) is 18.0. The van der Waals surface area contributed by atoms with E-state index in [0.29, 0.717) is 21.7 Å². The number of pyridine rings is 1. The molecule has 0 spiro atoms. The van der Waals surface area contributed by atoms with Crippen molar-refractivity contribution in [2.24, 2.45) is 7.05 Å². The third kappa shape index (κ3) is 3.30. The maximum atomic E-state index is 12.9. The Labute approximate surface area is 165 Å². The summed E-state index contributed by atoms with van der Waals surface area (Å²) in [6.45, 7) is 2.01. The molecule has 28 heavy (non-hydrogen) atoms. The second-order valence-electron chi connectivity index (χ2n) is 6.54. The number of benzene rings is 2. The molecule has 140 valence electrons. The molecule has 2 aromatic heterocycles. The van der Waals surface area contributed by atoms with Gasteiger partial charge in [-0.3, -0.25) is 14.3 Å². The van der Waals surface area contributed by atoms with Gasteiger partial charge < -0.3 is 10.3 Å². The number of amides is 1. The predicted molar refractivity (Wildman–Crippen MR) is 111 cm³/mol. The molecule has 0 unspecified atom stereocenters. The number of carbonyl (C=O) groups is 1. The van der Waals surface area contributed by atoms with Crippen LogP contribution in [0.25, 0.3) is 22.2 Å². The van der Waals surface area contributed by atoms with Gasteiger partial charge in [0, 0.05) is 40.7 Å². The molecular formula is C21H17ClN4O2. The van der Waals surface area contributed by atoms with Crippen LogP contribution < -0.4 is 10.9 Å². The van der Waals surface area contributed by atoms with Crippen molar-refractivity contribution >= 4 is 34.2 Å². The third-order valence-electron chi connectivity index (χ3n) is 4.59. The van der Waals surface area contributed by atoms with Crippen LogP contribution in [0.1, 0.15) is 15.9 Å². The molecule has 2 aromatic carbocycles.